The normalized spacial score (nSPS) is 18.8. The topological polar surface area (TPSA) is 43.8 Å². The van der Waals surface area contributed by atoms with Gasteiger partial charge in [0.15, 0.2) is 6.26 Å². The molecule has 1 unspecified atom stereocenters. The first-order chi connectivity index (χ1) is 18.8. The maximum absolute atomic E-state index is 6.51. The Labute approximate surface area is 233 Å². The van der Waals surface area contributed by atoms with E-state index in [1.807, 2.05) is 18.2 Å². The van der Waals surface area contributed by atoms with Crippen LogP contribution in [0.25, 0.3) is 11.3 Å². The number of benzene rings is 2. The molecule has 5 rings (SSSR count). The average molecular weight is 527 g/mol. The minimum atomic E-state index is -0.399. The van der Waals surface area contributed by atoms with Crippen molar-refractivity contribution in [2.24, 2.45) is 5.41 Å². The van der Waals surface area contributed by atoms with Crippen molar-refractivity contribution in [3.05, 3.63) is 94.8 Å². The number of pyridine rings is 1. The number of nitrogens with zero attached hydrogens (tertiary/aromatic N) is 2. The second-order valence-corrected chi connectivity index (χ2v) is 11.6. The van der Waals surface area contributed by atoms with Gasteiger partial charge in [-0.05, 0) is 61.3 Å². The van der Waals surface area contributed by atoms with Crippen LogP contribution in [0, 0.1) is 12.3 Å². The minimum absolute atomic E-state index is 0.312. The van der Waals surface area contributed by atoms with E-state index < -0.39 is 6.29 Å². The summed E-state index contributed by atoms with van der Waals surface area (Å²) in [6.45, 7) is 14.2. The molecule has 0 radical (unpaired) electrons. The van der Waals surface area contributed by atoms with Crippen molar-refractivity contribution in [3.8, 4) is 17.0 Å². The Kier molecular flexibility index (Phi) is 8.27. The van der Waals surface area contributed by atoms with Gasteiger partial charge in [-0.1, -0.05) is 76.2 Å². The molecule has 0 bridgehead atoms. The standard InChI is InChI=1S/C34H42N2O3/c1-6-26-15-11-16-27(7-2)33(26)29-20-30(28(24(3)35-29)21-36-18-12-17-34(4,5)23-36)38-32-22-37-31(39-32)19-25-13-9-8-10-14-25/h8-11,13-16,20,22,31H,6-7,12,17-19,21,23H2,1-5H3. The van der Waals surface area contributed by atoms with Crippen LogP contribution < -0.4 is 4.74 Å². The Balaban J connectivity index is 1.46. The summed E-state index contributed by atoms with van der Waals surface area (Å²) < 4.78 is 18.5. The number of aromatic nitrogens is 1. The van der Waals surface area contributed by atoms with Crippen molar-refractivity contribution in [2.45, 2.75) is 79.6 Å². The molecule has 0 amide bonds. The molecular weight excluding hydrogens is 484 g/mol. The number of aryl methyl sites for hydroxylation is 3. The summed E-state index contributed by atoms with van der Waals surface area (Å²) in [4.78, 5) is 7.71. The van der Waals surface area contributed by atoms with Gasteiger partial charge in [-0.25, -0.2) is 0 Å². The molecule has 2 aliphatic heterocycles. The number of rotatable bonds is 9. The predicted octanol–water partition coefficient (Wildman–Crippen LogP) is 7.60. The van der Waals surface area contributed by atoms with Gasteiger partial charge in [0.25, 0.3) is 0 Å². The van der Waals surface area contributed by atoms with Gasteiger partial charge in [-0.3, -0.25) is 9.88 Å². The van der Waals surface area contributed by atoms with Crippen molar-refractivity contribution < 1.29 is 14.2 Å². The maximum atomic E-state index is 6.51. The molecule has 5 heteroatoms. The lowest BCUT2D eigenvalue weighted by atomic mass is 9.84. The van der Waals surface area contributed by atoms with Crippen molar-refractivity contribution in [2.75, 3.05) is 13.1 Å². The van der Waals surface area contributed by atoms with Crippen molar-refractivity contribution >= 4 is 0 Å². The van der Waals surface area contributed by atoms with Crippen LogP contribution >= 0.6 is 0 Å². The van der Waals surface area contributed by atoms with Crippen LogP contribution in [0.2, 0.25) is 0 Å². The monoisotopic (exact) mass is 526 g/mol. The van der Waals surface area contributed by atoms with Gasteiger partial charge in [-0.2, -0.15) is 0 Å². The van der Waals surface area contributed by atoms with Gasteiger partial charge in [0.05, 0.1) is 5.69 Å². The summed E-state index contributed by atoms with van der Waals surface area (Å²) >= 11 is 0. The number of piperidine rings is 1. The summed E-state index contributed by atoms with van der Waals surface area (Å²) in [5, 5.41) is 0. The predicted molar refractivity (Wildman–Crippen MR) is 156 cm³/mol. The molecule has 0 aliphatic carbocycles. The molecule has 0 saturated carbocycles. The largest absolute Gasteiger partial charge is 0.455 e. The zero-order valence-electron chi connectivity index (χ0n) is 24.1. The average Bonchev–Trinajstić information content (AvgIpc) is 3.36. The van der Waals surface area contributed by atoms with E-state index in [-0.39, 0.29) is 0 Å². The van der Waals surface area contributed by atoms with E-state index in [1.54, 1.807) is 6.26 Å². The van der Waals surface area contributed by atoms with Crippen LogP contribution in [-0.4, -0.2) is 29.3 Å². The molecule has 3 heterocycles. The molecule has 5 nitrogen and oxygen atoms in total. The Bertz CT molecular complexity index is 1290. The second-order valence-electron chi connectivity index (χ2n) is 11.6. The molecule has 1 fully saturated rings. The van der Waals surface area contributed by atoms with Gasteiger partial charge in [0.1, 0.15) is 5.75 Å². The lowest BCUT2D eigenvalue weighted by Gasteiger charge is -2.38. The Morgan fingerprint density at radius 1 is 1.03 bits per heavy atom. The van der Waals surface area contributed by atoms with E-state index in [0.717, 1.165) is 60.7 Å². The summed E-state index contributed by atoms with van der Waals surface area (Å²) in [5.41, 5.74) is 8.38. The Morgan fingerprint density at radius 2 is 1.77 bits per heavy atom. The second kappa shape index (κ2) is 11.8. The number of likely N-dealkylation sites (tertiary alicyclic amines) is 1. The van der Waals surface area contributed by atoms with Crippen LogP contribution in [0.3, 0.4) is 0 Å². The molecule has 3 aromatic rings. The number of hydrogen-bond donors (Lipinski definition) is 0. The Morgan fingerprint density at radius 3 is 2.46 bits per heavy atom. The van der Waals surface area contributed by atoms with Crippen LogP contribution in [0.5, 0.6) is 5.75 Å². The van der Waals surface area contributed by atoms with Gasteiger partial charge in [0.2, 0.25) is 6.29 Å². The third-order valence-electron chi connectivity index (χ3n) is 7.93. The van der Waals surface area contributed by atoms with Crippen molar-refractivity contribution in [3.63, 3.8) is 0 Å². The third kappa shape index (κ3) is 6.47. The highest BCUT2D eigenvalue weighted by atomic mass is 16.8. The lowest BCUT2D eigenvalue weighted by Crippen LogP contribution is -2.39. The van der Waals surface area contributed by atoms with E-state index in [2.05, 4.69) is 75.9 Å². The molecule has 2 aromatic carbocycles. The molecule has 0 N–H and O–H groups in total. The minimum Gasteiger partial charge on any atom is -0.455 e. The molecule has 1 aromatic heterocycles. The lowest BCUT2D eigenvalue weighted by molar-refractivity contribution is -0.0521. The van der Waals surface area contributed by atoms with Gasteiger partial charge >= 0.3 is 5.95 Å². The molecule has 1 atom stereocenters. The van der Waals surface area contributed by atoms with Crippen LogP contribution in [0.15, 0.2) is 66.8 Å². The zero-order valence-corrected chi connectivity index (χ0v) is 24.1. The first-order valence-corrected chi connectivity index (χ1v) is 14.4. The highest BCUT2D eigenvalue weighted by Crippen LogP contribution is 2.36. The summed E-state index contributed by atoms with van der Waals surface area (Å²) in [6, 6.07) is 18.9. The Hall–Kier alpha value is -3.31. The quantitative estimate of drug-likeness (QED) is 0.287. The first-order valence-electron chi connectivity index (χ1n) is 14.4. The first kappa shape index (κ1) is 27.3. The van der Waals surface area contributed by atoms with E-state index in [0.29, 0.717) is 17.8 Å². The molecule has 1 saturated heterocycles. The smallest absolute Gasteiger partial charge is 0.324 e. The molecule has 39 heavy (non-hydrogen) atoms. The SMILES string of the molecule is CCc1cccc(CC)c1-c1cc(OC2=COC(Cc3ccccc3)O2)c(CN2CCCC(C)(C)C2)c(C)n1. The molecule has 206 valence electrons. The summed E-state index contributed by atoms with van der Waals surface area (Å²) in [6.07, 6.45) is 6.24. The zero-order chi connectivity index (χ0) is 27.4. The summed E-state index contributed by atoms with van der Waals surface area (Å²) in [5.74, 6) is 1.19. The fourth-order valence-electron chi connectivity index (χ4n) is 5.93. The fourth-order valence-corrected chi connectivity index (χ4v) is 5.93. The maximum Gasteiger partial charge on any atom is 0.324 e. The van der Waals surface area contributed by atoms with E-state index in [9.17, 15) is 0 Å². The third-order valence-corrected chi connectivity index (χ3v) is 7.93. The van der Waals surface area contributed by atoms with E-state index in [4.69, 9.17) is 19.2 Å². The van der Waals surface area contributed by atoms with Crippen molar-refractivity contribution in [1.29, 1.82) is 0 Å². The van der Waals surface area contributed by atoms with Crippen molar-refractivity contribution in [1.82, 2.24) is 9.88 Å². The van der Waals surface area contributed by atoms with Crippen LogP contribution in [-0.2, 0) is 35.3 Å². The molecule has 2 aliphatic rings. The van der Waals surface area contributed by atoms with Crippen LogP contribution in [0.4, 0.5) is 0 Å². The van der Waals surface area contributed by atoms with E-state index in [1.165, 1.54) is 29.5 Å². The summed E-state index contributed by atoms with van der Waals surface area (Å²) in [7, 11) is 0. The fraction of sp³-hybridized carbons (Fsp3) is 0.441. The molecule has 0 spiro atoms. The number of ether oxygens (including phenoxy) is 3. The molecular formula is C34H42N2O3. The highest BCUT2D eigenvalue weighted by molar-refractivity contribution is 5.70. The number of hydrogen-bond acceptors (Lipinski definition) is 5. The van der Waals surface area contributed by atoms with E-state index >= 15 is 0 Å². The van der Waals surface area contributed by atoms with Gasteiger partial charge in [-0.15, -0.1) is 0 Å². The van der Waals surface area contributed by atoms with Gasteiger partial charge < -0.3 is 14.2 Å². The van der Waals surface area contributed by atoms with Gasteiger partial charge in [0, 0.05) is 42.4 Å². The van der Waals surface area contributed by atoms with Crippen LogP contribution in [0.1, 0.15) is 68.5 Å². The highest BCUT2D eigenvalue weighted by Gasteiger charge is 2.29.